The van der Waals surface area contributed by atoms with Crippen LogP contribution >= 0.6 is 0 Å². The summed E-state index contributed by atoms with van der Waals surface area (Å²) in [6.45, 7) is -0.888. The normalized spacial score (nSPS) is 22.9. The summed E-state index contributed by atoms with van der Waals surface area (Å²) >= 11 is 0. The van der Waals surface area contributed by atoms with Gasteiger partial charge in [0.15, 0.2) is 0 Å². The fourth-order valence-electron chi connectivity index (χ4n) is 2.22. The molecule has 0 bridgehead atoms. The highest BCUT2D eigenvalue weighted by Gasteiger charge is 2.40. The van der Waals surface area contributed by atoms with Gasteiger partial charge in [0.2, 0.25) is 0 Å². The van der Waals surface area contributed by atoms with Crippen molar-refractivity contribution >= 4 is 12.0 Å². The number of carboxylic acid groups (broad SMARTS) is 1. The monoisotopic (exact) mass is 298 g/mol. The number of carbonyl (C=O) groups is 2. The van der Waals surface area contributed by atoms with E-state index in [2.05, 4.69) is 0 Å². The summed E-state index contributed by atoms with van der Waals surface area (Å²) < 4.78 is 37.1. The highest BCUT2D eigenvalue weighted by Crippen LogP contribution is 2.25. The first-order valence-electron chi connectivity index (χ1n) is 6.10. The summed E-state index contributed by atoms with van der Waals surface area (Å²) in [6.07, 6.45) is -4.57. The van der Waals surface area contributed by atoms with Crippen LogP contribution in [0.15, 0.2) is 0 Å². The van der Waals surface area contributed by atoms with Crippen LogP contribution in [0.5, 0.6) is 0 Å². The fraction of sp³-hybridized carbons (Fsp3) is 0.818. The molecule has 0 saturated carbocycles. The van der Waals surface area contributed by atoms with Crippen molar-refractivity contribution in [1.29, 1.82) is 0 Å². The van der Waals surface area contributed by atoms with Crippen LogP contribution in [0, 0.1) is 11.8 Å². The molecule has 0 aromatic heterocycles. The van der Waals surface area contributed by atoms with Gasteiger partial charge >= 0.3 is 18.2 Å². The van der Waals surface area contributed by atoms with Gasteiger partial charge in [0.05, 0.1) is 12.5 Å². The number of hydrogen-bond acceptors (Lipinski definition) is 3. The maximum atomic E-state index is 12.4. The van der Waals surface area contributed by atoms with Crippen LogP contribution in [0.1, 0.15) is 6.92 Å². The molecule has 6 nitrogen and oxygen atoms in total. The maximum Gasteiger partial charge on any atom is 0.406 e. The van der Waals surface area contributed by atoms with Gasteiger partial charge in [-0.3, -0.25) is 4.79 Å². The van der Waals surface area contributed by atoms with Gasteiger partial charge in [0.25, 0.3) is 0 Å². The molecule has 1 fully saturated rings. The summed E-state index contributed by atoms with van der Waals surface area (Å²) in [5, 5.41) is 17.7. The second-order valence-corrected chi connectivity index (χ2v) is 4.87. The van der Waals surface area contributed by atoms with E-state index in [-0.39, 0.29) is 19.0 Å². The number of carboxylic acids is 1. The smallest absolute Gasteiger partial charge is 0.406 e. The minimum Gasteiger partial charge on any atom is -0.481 e. The lowest BCUT2D eigenvalue weighted by Crippen LogP contribution is -2.47. The lowest BCUT2D eigenvalue weighted by molar-refractivity contribution is -0.143. The van der Waals surface area contributed by atoms with Crippen LogP contribution in [0.25, 0.3) is 0 Å². The number of aliphatic hydroxyl groups excluding tert-OH is 1. The number of nitrogens with zero attached hydrogens (tertiary/aromatic N) is 2. The number of aliphatic hydroxyl groups is 1. The third-order valence-corrected chi connectivity index (χ3v) is 3.21. The van der Waals surface area contributed by atoms with Crippen LogP contribution in [-0.4, -0.2) is 71.0 Å². The number of aliphatic carboxylic acids is 1. The molecule has 9 heteroatoms. The first kappa shape index (κ1) is 16.5. The lowest BCUT2D eigenvalue weighted by Gasteiger charge is -2.28. The molecule has 116 valence electrons. The van der Waals surface area contributed by atoms with Crippen molar-refractivity contribution in [3.05, 3.63) is 0 Å². The Kier molecular flexibility index (Phi) is 5.21. The molecule has 2 N–H and O–H groups in total. The molecule has 0 unspecified atom stereocenters. The van der Waals surface area contributed by atoms with Crippen LogP contribution < -0.4 is 0 Å². The van der Waals surface area contributed by atoms with Gasteiger partial charge in [-0.2, -0.15) is 13.2 Å². The van der Waals surface area contributed by atoms with Crippen molar-refractivity contribution in [2.24, 2.45) is 11.8 Å². The van der Waals surface area contributed by atoms with Crippen molar-refractivity contribution in [1.82, 2.24) is 9.80 Å². The van der Waals surface area contributed by atoms with Crippen molar-refractivity contribution in [2.45, 2.75) is 13.1 Å². The summed E-state index contributed by atoms with van der Waals surface area (Å²) in [6, 6.07) is -0.896. The van der Waals surface area contributed by atoms with Crippen LogP contribution in [0.2, 0.25) is 0 Å². The first-order valence-corrected chi connectivity index (χ1v) is 6.10. The Morgan fingerprint density at radius 1 is 1.35 bits per heavy atom. The van der Waals surface area contributed by atoms with Gasteiger partial charge < -0.3 is 20.0 Å². The van der Waals surface area contributed by atoms with E-state index in [0.29, 0.717) is 4.90 Å². The molecule has 0 spiro atoms. The second-order valence-electron chi connectivity index (χ2n) is 4.87. The average Bonchev–Trinajstić information content (AvgIpc) is 2.68. The fourth-order valence-corrected chi connectivity index (χ4v) is 2.22. The molecule has 1 rings (SSSR count). The zero-order valence-corrected chi connectivity index (χ0v) is 10.9. The van der Waals surface area contributed by atoms with E-state index in [4.69, 9.17) is 10.2 Å². The number of alkyl halides is 3. The Morgan fingerprint density at radius 3 is 2.35 bits per heavy atom. The molecule has 1 aliphatic rings. The standard InChI is InChI=1S/C11H17F3N2O4/c1-7-4-16(5-8(7)9(18)19)10(20)15(2-3-17)6-11(12,13)14/h7-8,17H,2-6H2,1H3,(H,18,19)/t7-,8-/m1/s1. The van der Waals surface area contributed by atoms with Gasteiger partial charge in [-0.25, -0.2) is 4.79 Å². The summed E-state index contributed by atoms with van der Waals surface area (Å²) in [7, 11) is 0. The Hall–Kier alpha value is -1.51. The van der Waals surface area contributed by atoms with E-state index in [9.17, 15) is 22.8 Å². The Balaban J connectivity index is 2.73. The molecule has 0 aromatic carbocycles. The van der Waals surface area contributed by atoms with E-state index >= 15 is 0 Å². The molecule has 0 radical (unpaired) electrons. The van der Waals surface area contributed by atoms with Crippen molar-refractivity contribution in [3.63, 3.8) is 0 Å². The highest BCUT2D eigenvalue weighted by atomic mass is 19.4. The number of halogens is 3. The van der Waals surface area contributed by atoms with E-state index < -0.39 is 43.8 Å². The van der Waals surface area contributed by atoms with Gasteiger partial charge in [-0.15, -0.1) is 0 Å². The van der Waals surface area contributed by atoms with E-state index in [1.165, 1.54) is 0 Å². The first-order chi connectivity index (χ1) is 9.15. The van der Waals surface area contributed by atoms with E-state index in [1.807, 2.05) is 0 Å². The third-order valence-electron chi connectivity index (χ3n) is 3.21. The van der Waals surface area contributed by atoms with Crippen molar-refractivity contribution < 1.29 is 33.0 Å². The number of likely N-dealkylation sites (tertiary alicyclic amines) is 1. The number of amides is 2. The van der Waals surface area contributed by atoms with E-state index in [0.717, 1.165) is 4.90 Å². The third kappa shape index (κ3) is 4.26. The van der Waals surface area contributed by atoms with Gasteiger partial charge in [-0.1, -0.05) is 6.92 Å². The molecule has 1 heterocycles. The Morgan fingerprint density at radius 2 is 1.95 bits per heavy atom. The average molecular weight is 298 g/mol. The van der Waals surface area contributed by atoms with Crippen molar-refractivity contribution in [3.8, 4) is 0 Å². The molecule has 2 amide bonds. The minimum atomic E-state index is -4.57. The predicted octanol–water partition coefficient (Wildman–Crippen LogP) is 0.616. The molecule has 0 aliphatic carbocycles. The van der Waals surface area contributed by atoms with Crippen LogP contribution in [0.4, 0.5) is 18.0 Å². The minimum absolute atomic E-state index is 0.0928. The molecule has 20 heavy (non-hydrogen) atoms. The van der Waals surface area contributed by atoms with Crippen LogP contribution in [-0.2, 0) is 4.79 Å². The Labute approximate surface area is 113 Å². The number of urea groups is 1. The van der Waals surface area contributed by atoms with E-state index in [1.54, 1.807) is 6.92 Å². The quantitative estimate of drug-likeness (QED) is 0.797. The second kappa shape index (κ2) is 6.29. The number of carbonyl (C=O) groups excluding carboxylic acids is 1. The predicted molar refractivity (Wildman–Crippen MR) is 62.0 cm³/mol. The topological polar surface area (TPSA) is 81.1 Å². The van der Waals surface area contributed by atoms with Gasteiger partial charge in [0, 0.05) is 19.6 Å². The number of rotatable bonds is 4. The number of hydrogen-bond donors (Lipinski definition) is 2. The SMILES string of the molecule is C[C@@H]1CN(C(=O)N(CCO)CC(F)(F)F)C[C@H]1C(=O)O. The summed E-state index contributed by atoms with van der Waals surface area (Å²) in [4.78, 5) is 24.5. The lowest BCUT2D eigenvalue weighted by atomic mass is 9.99. The largest absolute Gasteiger partial charge is 0.481 e. The van der Waals surface area contributed by atoms with Gasteiger partial charge in [-0.05, 0) is 5.92 Å². The summed E-state index contributed by atoms with van der Waals surface area (Å²) in [5.41, 5.74) is 0. The molecular weight excluding hydrogens is 281 g/mol. The molecule has 1 aliphatic heterocycles. The van der Waals surface area contributed by atoms with Gasteiger partial charge in [0.1, 0.15) is 6.54 Å². The van der Waals surface area contributed by atoms with Crippen molar-refractivity contribution in [2.75, 3.05) is 32.8 Å². The maximum absolute atomic E-state index is 12.4. The molecule has 0 aromatic rings. The molecular formula is C11H17F3N2O4. The zero-order chi connectivity index (χ0) is 15.5. The zero-order valence-electron chi connectivity index (χ0n) is 10.9. The summed E-state index contributed by atoms with van der Waals surface area (Å²) in [5.74, 6) is -2.17. The molecule has 1 saturated heterocycles. The van der Waals surface area contributed by atoms with Crippen LogP contribution in [0.3, 0.4) is 0 Å². The Bertz CT molecular complexity index is 375. The highest BCUT2D eigenvalue weighted by molar-refractivity contribution is 5.77. The molecule has 2 atom stereocenters.